The minimum Gasteiger partial charge on any atom is -0.508 e. The normalized spacial score (nSPS) is 10.1. The Balaban J connectivity index is 0.000000220. The van der Waals surface area contributed by atoms with Gasteiger partial charge in [0.15, 0.2) is 10.7 Å². The largest absolute Gasteiger partial charge is 0.508 e. The summed E-state index contributed by atoms with van der Waals surface area (Å²) in [5.41, 5.74) is 1.47. The summed E-state index contributed by atoms with van der Waals surface area (Å²) in [5, 5.41) is 17.7. The predicted octanol–water partition coefficient (Wildman–Crippen LogP) is 3.49. The van der Waals surface area contributed by atoms with E-state index in [0.717, 1.165) is 12.1 Å². The van der Waals surface area contributed by atoms with Crippen LogP contribution >= 0.6 is 0 Å². The van der Waals surface area contributed by atoms with Gasteiger partial charge < -0.3 is 10.2 Å². The van der Waals surface area contributed by atoms with Crippen LogP contribution in [0, 0.1) is 0 Å². The number of benzene rings is 2. The third-order valence-corrected chi connectivity index (χ3v) is 3.84. The molecule has 0 atom stereocenters. The number of thiol groups is 1. The number of unbranched alkanes of at least 4 members (excludes halogenated alkanes) is 2. The first-order valence-electron chi connectivity index (χ1n) is 7.25. The molecule has 120 valence electrons. The molecule has 0 spiro atoms. The lowest BCUT2D eigenvalue weighted by molar-refractivity contribution is 0.440. The Hall–Kier alpha value is -2.01. The highest BCUT2D eigenvalue weighted by Gasteiger charge is 2.02. The van der Waals surface area contributed by atoms with Crippen molar-refractivity contribution in [3.05, 3.63) is 54.1 Å². The molecule has 0 aliphatic rings. The summed E-state index contributed by atoms with van der Waals surface area (Å²) in [6.07, 6.45) is 5.25. The number of hydrogen-bond donors (Lipinski definition) is 3. The Kier molecular flexibility index (Phi) is 8.07. The number of phenols is 2. The number of phenolic OH excluding ortho intramolecular Hbond substituents is 2. The molecule has 0 aliphatic heterocycles. The van der Waals surface area contributed by atoms with Crippen LogP contribution in [0.1, 0.15) is 31.7 Å². The Morgan fingerprint density at radius 2 is 1.64 bits per heavy atom. The second kappa shape index (κ2) is 9.84. The van der Waals surface area contributed by atoms with Crippen LogP contribution in [0.4, 0.5) is 0 Å². The standard InChI is InChI=1S/C11H16.C6H6O4S/c1-2-3-5-8-11-9-6-4-7-10-11;7-4-1-2-6(11(9)10)5(8)3-4/h4,6-7,9-10H,2-3,5,8H2,1H3;1-3,7-8,11H. The van der Waals surface area contributed by atoms with E-state index in [4.69, 9.17) is 10.2 Å². The SMILES string of the molecule is CCCCCc1ccccc1.O=[SH](=O)c1ccc(O)cc1O. The van der Waals surface area contributed by atoms with E-state index >= 15 is 0 Å². The molecule has 0 amide bonds. The first-order chi connectivity index (χ1) is 10.5. The topological polar surface area (TPSA) is 74.6 Å². The van der Waals surface area contributed by atoms with Crippen molar-refractivity contribution in [1.82, 2.24) is 0 Å². The average molecular weight is 322 g/mol. The van der Waals surface area contributed by atoms with Gasteiger partial charge in [-0.15, -0.1) is 0 Å². The zero-order valence-electron chi connectivity index (χ0n) is 12.6. The van der Waals surface area contributed by atoms with Gasteiger partial charge in [0.25, 0.3) is 0 Å². The Labute approximate surface area is 133 Å². The number of aromatic hydroxyl groups is 2. The number of hydrogen-bond acceptors (Lipinski definition) is 4. The quantitative estimate of drug-likeness (QED) is 0.582. The maximum atomic E-state index is 10.3. The van der Waals surface area contributed by atoms with Gasteiger partial charge in [-0.25, -0.2) is 8.42 Å². The Morgan fingerprint density at radius 3 is 2.18 bits per heavy atom. The van der Waals surface area contributed by atoms with E-state index in [1.54, 1.807) is 0 Å². The molecular weight excluding hydrogens is 300 g/mol. The summed E-state index contributed by atoms with van der Waals surface area (Å²) in [6, 6.07) is 14.0. The predicted molar refractivity (Wildman–Crippen MR) is 88.0 cm³/mol. The smallest absolute Gasteiger partial charge is 0.171 e. The monoisotopic (exact) mass is 322 g/mol. The second-order valence-electron chi connectivity index (χ2n) is 4.87. The Bertz CT molecular complexity index is 628. The van der Waals surface area contributed by atoms with Crippen LogP contribution in [0.15, 0.2) is 53.4 Å². The van der Waals surface area contributed by atoms with Gasteiger partial charge in [-0.05, 0) is 30.5 Å². The van der Waals surface area contributed by atoms with E-state index in [2.05, 4.69) is 37.3 Å². The first-order valence-corrected chi connectivity index (χ1v) is 8.42. The summed E-state index contributed by atoms with van der Waals surface area (Å²) in [4.78, 5) is -0.183. The van der Waals surface area contributed by atoms with Crippen LogP contribution in [0.5, 0.6) is 11.5 Å². The van der Waals surface area contributed by atoms with E-state index in [1.807, 2.05) is 0 Å². The van der Waals surface area contributed by atoms with Crippen LogP contribution in [0.25, 0.3) is 0 Å². The maximum Gasteiger partial charge on any atom is 0.171 e. The fourth-order valence-corrected chi connectivity index (χ4v) is 2.34. The molecule has 22 heavy (non-hydrogen) atoms. The molecule has 0 saturated carbocycles. The first kappa shape index (κ1) is 18.0. The zero-order chi connectivity index (χ0) is 16.4. The van der Waals surface area contributed by atoms with Crippen LogP contribution < -0.4 is 0 Å². The summed E-state index contributed by atoms with van der Waals surface area (Å²) in [6.45, 7) is 2.24. The Morgan fingerprint density at radius 1 is 0.955 bits per heavy atom. The highest BCUT2D eigenvalue weighted by atomic mass is 32.2. The molecule has 2 rings (SSSR count). The highest BCUT2D eigenvalue weighted by Crippen LogP contribution is 2.23. The molecule has 0 heterocycles. The van der Waals surface area contributed by atoms with Crippen molar-refractivity contribution >= 4 is 10.7 Å². The van der Waals surface area contributed by atoms with Crippen molar-refractivity contribution in [1.29, 1.82) is 0 Å². The summed E-state index contributed by atoms with van der Waals surface area (Å²) in [5.74, 6) is -0.593. The lowest BCUT2D eigenvalue weighted by Gasteiger charge is -1.98. The molecular formula is C17H22O4S. The minimum absolute atomic E-state index is 0.164. The van der Waals surface area contributed by atoms with E-state index in [-0.39, 0.29) is 10.6 Å². The molecule has 0 radical (unpaired) electrons. The van der Waals surface area contributed by atoms with E-state index in [9.17, 15) is 8.42 Å². The van der Waals surface area contributed by atoms with E-state index in [1.165, 1.54) is 37.3 Å². The van der Waals surface area contributed by atoms with Crippen LogP contribution in [-0.2, 0) is 17.1 Å². The van der Waals surface area contributed by atoms with Gasteiger partial charge in [-0.2, -0.15) is 0 Å². The highest BCUT2D eigenvalue weighted by molar-refractivity contribution is 7.72. The molecule has 0 fully saturated rings. The third kappa shape index (κ3) is 6.63. The molecule has 0 bridgehead atoms. The lowest BCUT2D eigenvalue weighted by atomic mass is 10.1. The van der Waals surface area contributed by atoms with Gasteiger partial charge >= 0.3 is 0 Å². The maximum absolute atomic E-state index is 10.3. The number of rotatable bonds is 5. The van der Waals surface area contributed by atoms with Crippen LogP contribution in [-0.4, -0.2) is 18.6 Å². The van der Waals surface area contributed by atoms with E-state index in [0.29, 0.717) is 0 Å². The van der Waals surface area contributed by atoms with Crippen molar-refractivity contribution in [3.8, 4) is 11.5 Å². The van der Waals surface area contributed by atoms with Crippen LogP contribution in [0.2, 0.25) is 0 Å². The molecule has 2 N–H and O–H groups in total. The molecule has 0 aromatic heterocycles. The average Bonchev–Trinajstić information content (AvgIpc) is 2.49. The van der Waals surface area contributed by atoms with Gasteiger partial charge in [-0.1, -0.05) is 50.1 Å². The third-order valence-electron chi connectivity index (χ3n) is 3.07. The molecule has 2 aromatic rings. The number of aryl methyl sites for hydroxylation is 1. The van der Waals surface area contributed by atoms with Gasteiger partial charge in [-0.3, -0.25) is 0 Å². The fraction of sp³-hybridized carbons (Fsp3) is 0.294. The molecule has 0 saturated heterocycles. The lowest BCUT2D eigenvalue weighted by Crippen LogP contribution is -1.83. The zero-order valence-corrected chi connectivity index (χ0v) is 13.5. The van der Waals surface area contributed by atoms with Crippen LogP contribution in [0.3, 0.4) is 0 Å². The van der Waals surface area contributed by atoms with Gasteiger partial charge in [0.2, 0.25) is 0 Å². The van der Waals surface area contributed by atoms with Crippen molar-refractivity contribution in [2.75, 3.05) is 0 Å². The molecule has 5 heteroatoms. The molecule has 2 aromatic carbocycles. The van der Waals surface area contributed by atoms with Gasteiger partial charge in [0.1, 0.15) is 16.4 Å². The fourth-order valence-electron chi connectivity index (χ4n) is 1.89. The van der Waals surface area contributed by atoms with Crippen molar-refractivity contribution in [2.45, 2.75) is 37.5 Å². The molecule has 0 unspecified atom stereocenters. The van der Waals surface area contributed by atoms with Crippen molar-refractivity contribution in [3.63, 3.8) is 0 Å². The molecule has 0 aliphatic carbocycles. The summed E-state index contributed by atoms with van der Waals surface area (Å²) >= 11 is 0. The van der Waals surface area contributed by atoms with Crippen molar-refractivity contribution < 1.29 is 18.6 Å². The summed E-state index contributed by atoms with van der Waals surface area (Å²) < 4.78 is 20.7. The minimum atomic E-state index is -2.79. The second-order valence-corrected chi connectivity index (χ2v) is 5.87. The van der Waals surface area contributed by atoms with E-state index < -0.39 is 16.5 Å². The molecule has 4 nitrogen and oxygen atoms in total. The van der Waals surface area contributed by atoms with Gasteiger partial charge in [0, 0.05) is 6.07 Å². The van der Waals surface area contributed by atoms with Crippen molar-refractivity contribution in [2.24, 2.45) is 0 Å². The summed E-state index contributed by atoms with van der Waals surface area (Å²) in [7, 11) is -2.79. The van der Waals surface area contributed by atoms with Gasteiger partial charge in [0.05, 0.1) is 0 Å².